The number of unbranched alkanes of at least 4 members (excludes halogenated alkanes) is 1. The molecule has 6 nitrogen and oxygen atoms in total. The number of hydrazine groups is 1. The fraction of sp³-hybridized carbons (Fsp3) is 0.294. The van der Waals surface area contributed by atoms with Crippen molar-refractivity contribution in [2.24, 2.45) is 0 Å². The van der Waals surface area contributed by atoms with Gasteiger partial charge in [-0.3, -0.25) is 10.2 Å². The zero-order valence-corrected chi connectivity index (χ0v) is 16.2. The van der Waals surface area contributed by atoms with Crippen LogP contribution in [-0.2, 0) is 6.54 Å². The van der Waals surface area contributed by atoms with Gasteiger partial charge in [0.05, 0.1) is 15.3 Å². The summed E-state index contributed by atoms with van der Waals surface area (Å²) in [5.41, 5.74) is 5.60. The van der Waals surface area contributed by atoms with Crippen LogP contribution in [0.4, 0.5) is 4.79 Å². The number of carbonyl (C=O) groups is 2. The first-order valence-electron chi connectivity index (χ1n) is 7.89. The molecule has 0 unspecified atom stereocenters. The number of ether oxygens (including phenoxy) is 1. The third-order valence-electron chi connectivity index (χ3n) is 3.20. The van der Waals surface area contributed by atoms with E-state index in [-0.39, 0.29) is 5.91 Å². The Bertz CT molecular complexity index is 721. The molecule has 0 aliphatic rings. The minimum absolute atomic E-state index is 0.331. The molecule has 0 spiro atoms. The number of halogens is 1. The molecule has 3 N–H and O–H groups in total. The molecule has 1 heterocycles. The molecule has 0 radical (unpaired) electrons. The van der Waals surface area contributed by atoms with Crippen LogP contribution in [0.25, 0.3) is 0 Å². The quantitative estimate of drug-likeness (QED) is 0.465. The number of urea groups is 1. The highest BCUT2D eigenvalue weighted by Crippen LogP contribution is 2.21. The van der Waals surface area contributed by atoms with Gasteiger partial charge in [0.15, 0.2) is 0 Å². The minimum atomic E-state index is -0.485. The topological polar surface area (TPSA) is 79.5 Å². The molecule has 2 aromatic rings. The Morgan fingerprint density at radius 1 is 1.20 bits per heavy atom. The summed E-state index contributed by atoms with van der Waals surface area (Å²) in [5.74, 6) is 0.418. The van der Waals surface area contributed by atoms with Crippen molar-refractivity contribution in [1.82, 2.24) is 16.2 Å². The molecule has 0 fully saturated rings. The molecule has 134 valence electrons. The molecule has 0 saturated heterocycles. The van der Waals surface area contributed by atoms with E-state index in [4.69, 9.17) is 4.74 Å². The first-order chi connectivity index (χ1) is 12.1. The summed E-state index contributed by atoms with van der Waals surface area (Å²) >= 11 is 4.57. The molecule has 8 heteroatoms. The summed E-state index contributed by atoms with van der Waals surface area (Å²) in [6, 6.07) is 10.5. The van der Waals surface area contributed by atoms with Crippen molar-refractivity contribution < 1.29 is 14.3 Å². The Hall–Kier alpha value is -2.06. The van der Waals surface area contributed by atoms with E-state index in [0.29, 0.717) is 18.0 Å². The van der Waals surface area contributed by atoms with Gasteiger partial charge in [0.2, 0.25) is 0 Å². The van der Waals surface area contributed by atoms with E-state index in [1.54, 1.807) is 12.1 Å². The van der Waals surface area contributed by atoms with Crippen molar-refractivity contribution in [3.05, 3.63) is 50.6 Å². The van der Waals surface area contributed by atoms with Gasteiger partial charge in [-0.05, 0) is 52.2 Å². The van der Waals surface area contributed by atoms with E-state index < -0.39 is 6.03 Å². The maximum absolute atomic E-state index is 11.8. The molecule has 2 rings (SSSR count). The number of rotatable bonds is 7. The molecule has 1 aromatic carbocycles. The molecule has 1 aromatic heterocycles. The number of hydrogen-bond donors (Lipinski definition) is 3. The highest BCUT2D eigenvalue weighted by molar-refractivity contribution is 9.11. The van der Waals surface area contributed by atoms with Gasteiger partial charge >= 0.3 is 6.03 Å². The van der Waals surface area contributed by atoms with Crippen molar-refractivity contribution in [3.63, 3.8) is 0 Å². The number of hydrogen-bond acceptors (Lipinski definition) is 4. The second-order valence-electron chi connectivity index (χ2n) is 5.21. The van der Waals surface area contributed by atoms with Crippen molar-refractivity contribution in [1.29, 1.82) is 0 Å². The van der Waals surface area contributed by atoms with Crippen LogP contribution < -0.4 is 20.9 Å². The number of carbonyl (C=O) groups excluding carboxylic acids is 2. The average Bonchev–Trinajstić information content (AvgIpc) is 3.05. The van der Waals surface area contributed by atoms with Crippen LogP contribution >= 0.6 is 27.3 Å². The van der Waals surface area contributed by atoms with E-state index >= 15 is 0 Å². The van der Waals surface area contributed by atoms with Crippen LogP contribution in [0.3, 0.4) is 0 Å². The summed E-state index contributed by atoms with van der Waals surface area (Å²) in [6.45, 7) is 3.12. The third-order valence-corrected chi connectivity index (χ3v) is 4.83. The van der Waals surface area contributed by atoms with Gasteiger partial charge in [0.1, 0.15) is 5.75 Å². The predicted octanol–water partition coefficient (Wildman–Crippen LogP) is 3.83. The Balaban J connectivity index is 1.74. The standard InChI is InChI=1S/C17H20BrN3O3S/c1-2-3-9-24-13-6-4-5-12(10-13)11-19-17(23)21-20-16(22)14-7-8-15(18)25-14/h4-8,10H,2-3,9,11H2,1H3,(H,20,22)(H2,19,21,23). The normalized spacial score (nSPS) is 10.2. The fourth-order valence-corrected chi connectivity index (χ4v) is 3.20. The Kier molecular flexibility index (Phi) is 7.75. The van der Waals surface area contributed by atoms with Gasteiger partial charge in [-0.15, -0.1) is 11.3 Å². The molecule has 0 aliphatic carbocycles. The van der Waals surface area contributed by atoms with Crippen LogP contribution in [0.5, 0.6) is 5.75 Å². The van der Waals surface area contributed by atoms with Crippen LogP contribution in [0.1, 0.15) is 35.0 Å². The molecule has 0 aliphatic heterocycles. The molecule has 0 saturated carbocycles. The van der Waals surface area contributed by atoms with Crippen molar-refractivity contribution >= 4 is 39.2 Å². The lowest BCUT2D eigenvalue weighted by atomic mass is 10.2. The molecule has 0 bridgehead atoms. The highest BCUT2D eigenvalue weighted by Gasteiger charge is 2.09. The molecule has 0 atom stereocenters. The lowest BCUT2D eigenvalue weighted by molar-refractivity contribution is 0.0940. The summed E-state index contributed by atoms with van der Waals surface area (Å²) in [6.07, 6.45) is 2.08. The monoisotopic (exact) mass is 425 g/mol. The van der Waals surface area contributed by atoms with Crippen LogP contribution in [0, 0.1) is 0 Å². The second-order valence-corrected chi connectivity index (χ2v) is 7.68. The predicted molar refractivity (Wildman–Crippen MR) is 102 cm³/mol. The summed E-state index contributed by atoms with van der Waals surface area (Å²) in [5, 5.41) is 2.68. The van der Waals surface area contributed by atoms with Gasteiger partial charge < -0.3 is 10.1 Å². The van der Waals surface area contributed by atoms with Gasteiger partial charge in [0, 0.05) is 6.54 Å². The zero-order chi connectivity index (χ0) is 18.1. The molecule has 25 heavy (non-hydrogen) atoms. The SMILES string of the molecule is CCCCOc1cccc(CNC(=O)NNC(=O)c2ccc(Br)s2)c1. The van der Waals surface area contributed by atoms with Gasteiger partial charge in [-0.1, -0.05) is 25.5 Å². The maximum atomic E-state index is 11.8. The number of benzene rings is 1. The van der Waals surface area contributed by atoms with Crippen molar-refractivity contribution in [3.8, 4) is 5.75 Å². The average molecular weight is 426 g/mol. The second kappa shape index (κ2) is 10.0. The van der Waals surface area contributed by atoms with E-state index in [2.05, 4.69) is 39.0 Å². The minimum Gasteiger partial charge on any atom is -0.494 e. The Morgan fingerprint density at radius 3 is 2.76 bits per heavy atom. The Labute approximate surface area is 159 Å². The smallest absolute Gasteiger partial charge is 0.333 e. The van der Waals surface area contributed by atoms with Crippen molar-refractivity contribution in [2.75, 3.05) is 6.61 Å². The summed E-state index contributed by atoms with van der Waals surface area (Å²) in [7, 11) is 0. The van der Waals surface area contributed by atoms with E-state index in [9.17, 15) is 9.59 Å². The molecular formula is C17H20BrN3O3S. The van der Waals surface area contributed by atoms with Gasteiger partial charge in [-0.25, -0.2) is 10.2 Å². The highest BCUT2D eigenvalue weighted by atomic mass is 79.9. The van der Waals surface area contributed by atoms with E-state index in [1.807, 2.05) is 24.3 Å². The number of nitrogens with one attached hydrogen (secondary N) is 3. The van der Waals surface area contributed by atoms with Crippen LogP contribution in [-0.4, -0.2) is 18.5 Å². The fourth-order valence-electron chi connectivity index (χ4n) is 1.92. The molecule has 3 amide bonds. The maximum Gasteiger partial charge on any atom is 0.333 e. The lowest BCUT2D eigenvalue weighted by Crippen LogP contribution is -2.46. The largest absolute Gasteiger partial charge is 0.494 e. The lowest BCUT2D eigenvalue weighted by Gasteiger charge is -2.10. The van der Waals surface area contributed by atoms with E-state index in [1.165, 1.54) is 11.3 Å². The number of amides is 3. The zero-order valence-electron chi connectivity index (χ0n) is 13.8. The number of thiophene rings is 1. The summed E-state index contributed by atoms with van der Waals surface area (Å²) < 4.78 is 6.49. The third kappa shape index (κ3) is 6.75. The summed E-state index contributed by atoms with van der Waals surface area (Å²) in [4.78, 5) is 24.1. The van der Waals surface area contributed by atoms with Gasteiger partial charge in [0.25, 0.3) is 5.91 Å². The first-order valence-corrected chi connectivity index (χ1v) is 9.50. The van der Waals surface area contributed by atoms with E-state index in [0.717, 1.165) is 27.9 Å². The first kappa shape index (κ1) is 19.3. The van der Waals surface area contributed by atoms with Gasteiger partial charge in [-0.2, -0.15) is 0 Å². The molecular weight excluding hydrogens is 406 g/mol. The van der Waals surface area contributed by atoms with Crippen LogP contribution in [0.15, 0.2) is 40.2 Å². The van der Waals surface area contributed by atoms with Crippen molar-refractivity contribution in [2.45, 2.75) is 26.3 Å². The van der Waals surface area contributed by atoms with Crippen LogP contribution in [0.2, 0.25) is 0 Å². The Morgan fingerprint density at radius 2 is 2.04 bits per heavy atom.